The van der Waals surface area contributed by atoms with Crippen LogP contribution in [0.4, 0.5) is 0 Å². The van der Waals surface area contributed by atoms with E-state index in [4.69, 9.17) is 42.6 Å². The van der Waals surface area contributed by atoms with Crippen LogP contribution in [0.25, 0.3) is 0 Å². The first-order chi connectivity index (χ1) is 39.9. The Labute approximate surface area is 494 Å². The van der Waals surface area contributed by atoms with Crippen LogP contribution in [0.2, 0.25) is 0 Å². The van der Waals surface area contributed by atoms with Gasteiger partial charge in [-0.25, -0.2) is 0 Å². The highest BCUT2D eigenvalue weighted by Gasteiger charge is 2.71. The molecule has 16 N–H and O–H groups in total. The summed E-state index contributed by atoms with van der Waals surface area (Å²) in [6, 6.07) is 0. The molecule has 9 fully saturated rings. The number of rotatable bonds is 13. The number of allylic oxidation sites excluding steroid dienone is 2. The minimum Gasteiger partial charge on any atom is -0.432 e. The van der Waals surface area contributed by atoms with Crippen molar-refractivity contribution in [3.8, 4) is 0 Å². The first-order valence-electron chi connectivity index (χ1n) is 30.6. The van der Waals surface area contributed by atoms with Gasteiger partial charge >= 0.3 is 5.97 Å². The largest absolute Gasteiger partial charge is 0.432 e. The molecule has 5 aliphatic carbocycles. The zero-order valence-corrected chi connectivity index (χ0v) is 49.6. The molecule has 26 heteroatoms. The zero-order chi connectivity index (χ0) is 62.0. The van der Waals surface area contributed by atoms with E-state index in [-0.39, 0.29) is 47.2 Å². The Morgan fingerprint density at radius 3 is 1.81 bits per heavy atom. The van der Waals surface area contributed by atoms with Gasteiger partial charge in [0.25, 0.3) is 0 Å². The van der Waals surface area contributed by atoms with E-state index in [1.54, 1.807) is 0 Å². The maximum atomic E-state index is 15.2. The number of aliphatic hydroxyl groups is 16. The van der Waals surface area contributed by atoms with Crippen molar-refractivity contribution in [2.45, 2.75) is 260 Å². The topological polar surface area (TPSA) is 424 Å². The molecule has 0 aromatic carbocycles. The number of carbonyl (C=O) groups excluding carboxylic acids is 1. The predicted octanol–water partition coefficient (Wildman–Crippen LogP) is -3.30. The maximum Gasteiger partial charge on any atom is 0.315 e. The molecule has 10 aliphatic rings. The highest BCUT2D eigenvalue weighted by atomic mass is 16.8. The molecule has 26 nitrogen and oxygen atoms in total. The van der Waals surface area contributed by atoms with Crippen LogP contribution in [0.3, 0.4) is 0 Å². The van der Waals surface area contributed by atoms with Gasteiger partial charge in [0.15, 0.2) is 18.9 Å². The van der Waals surface area contributed by atoms with Crippen molar-refractivity contribution in [1.29, 1.82) is 0 Å². The second-order valence-corrected chi connectivity index (χ2v) is 28.6. The Balaban J connectivity index is 0.835. The lowest BCUT2D eigenvalue weighted by molar-refractivity contribution is -0.361. The first kappa shape index (κ1) is 66.2. The number of ether oxygens (including phenoxy) is 9. The van der Waals surface area contributed by atoms with Crippen molar-refractivity contribution in [2.75, 3.05) is 33.0 Å². The number of fused-ring (bicyclic) bond motifs is 7. The van der Waals surface area contributed by atoms with Crippen LogP contribution in [-0.2, 0) is 47.4 Å². The molecule has 10 rings (SSSR count). The van der Waals surface area contributed by atoms with Crippen molar-refractivity contribution >= 4 is 5.97 Å². The summed E-state index contributed by atoms with van der Waals surface area (Å²) in [5, 5.41) is 174. The van der Waals surface area contributed by atoms with Crippen molar-refractivity contribution < 1.29 is 129 Å². The fourth-order valence-electron chi connectivity index (χ4n) is 18.1. The molecular weight excluding hydrogens is 1120 g/mol. The minimum absolute atomic E-state index is 0.0596. The van der Waals surface area contributed by atoms with Gasteiger partial charge in [0.05, 0.1) is 44.1 Å². The van der Waals surface area contributed by atoms with E-state index in [0.717, 1.165) is 12.8 Å². The lowest BCUT2D eigenvalue weighted by Crippen LogP contribution is -2.68. The van der Waals surface area contributed by atoms with Gasteiger partial charge in [-0.15, -0.1) is 0 Å². The van der Waals surface area contributed by atoms with Crippen molar-refractivity contribution in [1.82, 2.24) is 0 Å². The average Bonchev–Trinajstić information content (AvgIpc) is 0.699. The molecule has 0 spiro atoms. The number of hydrogen-bond acceptors (Lipinski definition) is 26. The summed E-state index contributed by atoms with van der Waals surface area (Å²) in [6.07, 6.45) is -29.4. The molecule has 0 amide bonds. The van der Waals surface area contributed by atoms with Crippen molar-refractivity contribution in [3.05, 3.63) is 11.6 Å². The second kappa shape index (κ2) is 24.4. The third-order valence-corrected chi connectivity index (χ3v) is 23.6. The van der Waals surface area contributed by atoms with Crippen LogP contribution in [0, 0.1) is 56.2 Å². The molecule has 33 atom stereocenters. The number of esters is 1. The number of hydrogen-bond donors (Lipinski definition) is 16. The summed E-state index contributed by atoms with van der Waals surface area (Å²) in [5.41, 5.74) is -1.93. The predicted molar refractivity (Wildman–Crippen MR) is 288 cm³/mol. The Bertz CT molecular complexity index is 2370. The maximum absolute atomic E-state index is 15.2. The smallest absolute Gasteiger partial charge is 0.315 e. The SMILES string of the molecule is C[C@@H]1O[C@@H](O[C@H]2[C@H](O)[C@@H](O)[C@H](OC[C@H]3O[C@@H](OC(=O)[C@]45CCC(C)(C)C[C@H]4C4=CC[C@@H]6[C@@]7(C)CC[C@H]([C@@H]8OC[C@H](O)[C@H](O[C@@H]9O[C@H](CO)[C@@H](O)[C@H](O)[C@H]9O)[C@H]8O)[C@@](C)(CO)[C@@H]7CC[C@@]6(C)[C@]4(C)CC5)[C@H](O)[C@@H](O)[C@@H]3O)O[C@@H]2CO)[C@H](O)[C@H](O)[C@H]1O. The monoisotopic (exact) mass is 1220 g/mol. The molecule has 0 aromatic rings. The summed E-state index contributed by atoms with van der Waals surface area (Å²) in [5.74, 6) is -1.29. The highest BCUT2D eigenvalue weighted by molar-refractivity contribution is 5.79. The molecule has 0 unspecified atom stereocenters. The van der Waals surface area contributed by atoms with E-state index >= 15 is 4.79 Å². The number of carbonyl (C=O) groups is 1. The Kier molecular flexibility index (Phi) is 19.0. The van der Waals surface area contributed by atoms with E-state index in [9.17, 15) is 81.7 Å². The van der Waals surface area contributed by atoms with E-state index in [1.165, 1.54) is 12.5 Å². The average molecular weight is 1220 g/mol. The van der Waals surface area contributed by atoms with Crippen LogP contribution in [0.15, 0.2) is 11.6 Å². The second-order valence-electron chi connectivity index (χ2n) is 28.6. The zero-order valence-electron chi connectivity index (χ0n) is 49.6. The number of aliphatic hydroxyl groups excluding tert-OH is 16. The van der Waals surface area contributed by atoms with E-state index in [0.29, 0.717) is 51.4 Å². The summed E-state index contributed by atoms with van der Waals surface area (Å²) < 4.78 is 52.8. The molecule has 85 heavy (non-hydrogen) atoms. The Hall–Kier alpha value is -1.75. The molecule has 0 aromatic heterocycles. The van der Waals surface area contributed by atoms with Gasteiger partial charge in [-0.05, 0) is 122 Å². The third-order valence-electron chi connectivity index (χ3n) is 23.6. The summed E-state index contributed by atoms with van der Waals surface area (Å²) >= 11 is 0. The van der Waals surface area contributed by atoms with E-state index < -0.39 is 195 Å². The van der Waals surface area contributed by atoms with Crippen molar-refractivity contribution in [2.24, 2.45) is 56.2 Å². The quantitative estimate of drug-likeness (QED) is 0.0634. The van der Waals surface area contributed by atoms with Crippen LogP contribution >= 0.6 is 0 Å². The molecule has 0 radical (unpaired) electrons. The molecule has 0 bridgehead atoms. The van der Waals surface area contributed by atoms with Gasteiger partial charge in [-0.1, -0.05) is 53.2 Å². The van der Waals surface area contributed by atoms with Gasteiger partial charge < -0.3 is 124 Å². The molecule has 5 aliphatic heterocycles. The summed E-state index contributed by atoms with van der Waals surface area (Å²) in [6.45, 7) is 12.2. The third kappa shape index (κ3) is 10.9. The molecule has 5 saturated heterocycles. The van der Waals surface area contributed by atoms with Crippen LogP contribution in [-0.4, -0.2) is 268 Å². The molecule has 5 heterocycles. The fraction of sp³-hybridized carbons (Fsp3) is 0.949. The Morgan fingerprint density at radius 2 is 1.15 bits per heavy atom. The lowest BCUT2D eigenvalue weighted by Gasteiger charge is -2.72. The van der Waals surface area contributed by atoms with Gasteiger partial charge in [0.1, 0.15) is 110 Å². The van der Waals surface area contributed by atoms with Crippen LogP contribution in [0.5, 0.6) is 0 Å². The van der Waals surface area contributed by atoms with Gasteiger partial charge in [0, 0.05) is 6.61 Å². The minimum atomic E-state index is -1.90. The Morgan fingerprint density at radius 1 is 0.576 bits per heavy atom. The fourth-order valence-corrected chi connectivity index (χ4v) is 18.1. The van der Waals surface area contributed by atoms with Crippen LogP contribution < -0.4 is 0 Å². The van der Waals surface area contributed by atoms with E-state index in [1.807, 2.05) is 6.92 Å². The van der Waals surface area contributed by atoms with Gasteiger partial charge in [-0.3, -0.25) is 4.79 Å². The van der Waals surface area contributed by atoms with Gasteiger partial charge in [0.2, 0.25) is 6.29 Å². The normalized spacial score (nSPS) is 55.3. The molecular formula is C59H96O26. The van der Waals surface area contributed by atoms with Crippen LogP contribution in [0.1, 0.15) is 113 Å². The van der Waals surface area contributed by atoms with E-state index in [2.05, 4.69) is 40.7 Å². The standard InChI is InChI=1S/C59H96O26/c1-24-34(64)37(67)41(71)50(79-24)84-48-30(20-61)81-49(44(74)40(48)70)78-22-31-36(66)39(69)43(73)52(82-31)85-53(76)59-16-14-54(2,3)18-27(59)25-8-9-33-55(4)12-10-26(56(5,23-62)32(55)11-13-58(33,7)57(25,6)15-17-59)46-45(75)47(28(63)21-77-46)83-51-42(72)38(68)35(65)29(19-60)80-51/h8,24,26-52,60-75H,9-23H2,1-7H3/t24-,26+,27-,28-,29+,30+,31+,32+,33+,34-,35+,36+,37+,38-,39-,40+,41+,42+,43+,44+,45-,46-,47-,48+,49+,50-,51-,52-,55-,56+,57+,58+,59-/m0/s1. The lowest BCUT2D eigenvalue weighted by atomic mass is 9.33. The summed E-state index contributed by atoms with van der Waals surface area (Å²) in [7, 11) is 0. The molecule has 488 valence electrons. The van der Waals surface area contributed by atoms with Crippen molar-refractivity contribution in [3.63, 3.8) is 0 Å². The summed E-state index contributed by atoms with van der Waals surface area (Å²) in [4.78, 5) is 15.2. The van der Waals surface area contributed by atoms with Gasteiger partial charge in [-0.2, -0.15) is 0 Å². The first-order valence-corrected chi connectivity index (χ1v) is 30.6. The highest BCUT2D eigenvalue weighted by Crippen LogP contribution is 2.76. The molecule has 4 saturated carbocycles.